The standard InChI is InChI=1S/C10H16N2O/c1-4-8(2)11-10(13)12-7-5-6-9(12)3/h1,8-9H,5-7H2,2-3H3,(H,11,13). The number of likely N-dealkylation sites (tertiary alicyclic amines) is 1. The molecule has 1 aliphatic heterocycles. The summed E-state index contributed by atoms with van der Waals surface area (Å²) in [6.45, 7) is 4.72. The highest BCUT2D eigenvalue weighted by atomic mass is 16.2. The molecule has 1 aliphatic rings. The van der Waals surface area contributed by atoms with Crippen LogP contribution < -0.4 is 5.32 Å². The Morgan fingerprint density at radius 1 is 1.77 bits per heavy atom. The normalized spacial score (nSPS) is 23.8. The smallest absolute Gasteiger partial charge is 0.318 e. The molecule has 3 heteroatoms. The number of nitrogens with zero attached hydrogens (tertiary/aromatic N) is 1. The number of carbonyl (C=O) groups excluding carboxylic acids is 1. The van der Waals surface area contributed by atoms with E-state index < -0.39 is 0 Å². The zero-order valence-corrected chi connectivity index (χ0v) is 8.21. The van der Waals surface area contributed by atoms with E-state index in [0.29, 0.717) is 6.04 Å². The van der Waals surface area contributed by atoms with Gasteiger partial charge in [-0.25, -0.2) is 4.79 Å². The van der Waals surface area contributed by atoms with E-state index in [4.69, 9.17) is 6.42 Å². The van der Waals surface area contributed by atoms with Gasteiger partial charge in [0.2, 0.25) is 0 Å². The van der Waals surface area contributed by atoms with Crippen molar-refractivity contribution in [2.24, 2.45) is 0 Å². The van der Waals surface area contributed by atoms with Gasteiger partial charge in [0.15, 0.2) is 0 Å². The minimum absolute atomic E-state index is 0.0320. The van der Waals surface area contributed by atoms with E-state index in [-0.39, 0.29) is 12.1 Å². The fourth-order valence-electron chi connectivity index (χ4n) is 1.54. The molecule has 0 aromatic rings. The van der Waals surface area contributed by atoms with Crippen molar-refractivity contribution in [3.8, 4) is 12.3 Å². The molecule has 13 heavy (non-hydrogen) atoms. The van der Waals surface area contributed by atoms with Crippen molar-refractivity contribution in [1.29, 1.82) is 0 Å². The monoisotopic (exact) mass is 180 g/mol. The van der Waals surface area contributed by atoms with Gasteiger partial charge in [0.1, 0.15) is 0 Å². The quantitative estimate of drug-likeness (QED) is 0.604. The highest BCUT2D eigenvalue weighted by molar-refractivity contribution is 5.75. The molecule has 1 N–H and O–H groups in total. The number of terminal acetylenes is 1. The molecule has 3 nitrogen and oxygen atoms in total. The molecule has 0 saturated carbocycles. The van der Waals surface area contributed by atoms with Crippen LogP contribution in [0.1, 0.15) is 26.7 Å². The molecule has 1 rings (SSSR count). The molecular formula is C10H16N2O. The van der Waals surface area contributed by atoms with Crippen molar-refractivity contribution in [3.63, 3.8) is 0 Å². The van der Waals surface area contributed by atoms with Gasteiger partial charge in [0, 0.05) is 12.6 Å². The Balaban J connectivity index is 2.44. The van der Waals surface area contributed by atoms with E-state index in [2.05, 4.69) is 18.2 Å². The maximum absolute atomic E-state index is 11.5. The third-order valence-corrected chi connectivity index (χ3v) is 2.40. The van der Waals surface area contributed by atoms with Crippen LogP contribution in [0.3, 0.4) is 0 Å². The lowest BCUT2D eigenvalue weighted by molar-refractivity contribution is 0.195. The Morgan fingerprint density at radius 2 is 2.46 bits per heavy atom. The molecule has 0 aromatic carbocycles. The maximum Gasteiger partial charge on any atom is 0.318 e. The summed E-state index contributed by atoms with van der Waals surface area (Å²) in [7, 11) is 0. The average molecular weight is 180 g/mol. The van der Waals surface area contributed by atoms with Crippen molar-refractivity contribution in [2.45, 2.75) is 38.8 Å². The van der Waals surface area contributed by atoms with Gasteiger partial charge < -0.3 is 10.2 Å². The number of nitrogens with one attached hydrogen (secondary N) is 1. The van der Waals surface area contributed by atoms with E-state index in [1.807, 2.05) is 4.90 Å². The van der Waals surface area contributed by atoms with E-state index in [0.717, 1.165) is 19.4 Å². The first-order valence-corrected chi connectivity index (χ1v) is 4.68. The van der Waals surface area contributed by atoms with Crippen molar-refractivity contribution in [2.75, 3.05) is 6.54 Å². The van der Waals surface area contributed by atoms with Crippen LogP contribution in [0.4, 0.5) is 4.79 Å². The molecule has 1 saturated heterocycles. The molecule has 0 aromatic heterocycles. The molecule has 1 fully saturated rings. The zero-order chi connectivity index (χ0) is 9.84. The Kier molecular flexibility index (Phi) is 3.18. The molecule has 72 valence electrons. The summed E-state index contributed by atoms with van der Waals surface area (Å²) in [6, 6.07) is 0.140. The minimum atomic E-state index is -0.180. The molecule has 0 aliphatic carbocycles. The van der Waals surface area contributed by atoms with Crippen LogP contribution >= 0.6 is 0 Å². The fourth-order valence-corrected chi connectivity index (χ4v) is 1.54. The van der Waals surface area contributed by atoms with Crippen LogP contribution in [-0.4, -0.2) is 29.6 Å². The maximum atomic E-state index is 11.5. The summed E-state index contributed by atoms with van der Waals surface area (Å²) in [4.78, 5) is 13.4. The molecule has 2 atom stereocenters. The predicted molar refractivity (Wildman–Crippen MR) is 52.2 cm³/mol. The second-order valence-electron chi connectivity index (χ2n) is 3.52. The van der Waals surface area contributed by atoms with E-state index in [1.165, 1.54) is 0 Å². The van der Waals surface area contributed by atoms with Gasteiger partial charge in [-0.3, -0.25) is 0 Å². The lowest BCUT2D eigenvalue weighted by Gasteiger charge is -2.22. The first-order valence-electron chi connectivity index (χ1n) is 4.68. The third kappa shape index (κ3) is 2.38. The Bertz CT molecular complexity index is 232. The predicted octanol–water partition coefficient (Wildman–Crippen LogP) is 1.20. The van der Waals surface area contributed by atoms with E-state index in [9.17, 15) is 4.79 Å². The second-order valence-corrected chi connectivity index (χ2v) is 3.52. The van der Waals surface area contributed by atoms with Gasteiger partial charge in [-0.2, -0.15) is 0 Å². The number of amides is 2. The van der Waals surface area contributed by atoms with Crippen molar-refractivity contribution in [1.82, 2.24) is 10.2 Å². The van der Waals surface area contributed by atoms with Crippen LogP contribution in [0.5, 0.6) is 0 Å². The Labute approximate surface area is 79.5 Å². The van der Waals surface area contributed by atoms with Crippen molar-refractivity contribution in [3.05, 3.63) is 0 Å². The summed E-state index contributed by atoms with van der Waals surface area (Å²) in [5.41, 5.74) is 0. The minimum Gasteiger partial charge on any atom is -0.325 e. The molecule has 0 radical (unpaired) electrons. The Morgan fingerprint density at radius 3 is 2.92 bits per heavy atom. The first-order chi connectivity index (χ1) is 6.15. The molecule has 1 heterocycles. The lowest BCUT2D eigenvalue weighted by atomic mass is 10.2. The van der Waals surface area contributed by atoms with Crippen molar-refractivity contribution >= 4 is 6.03 Å². The first kappa shape index (κ1) is 9.91. The zero-order valence-electron chi connectivity index (χ0n) is 8.21. The summed E-state index contributed by atoms with van der Waals surface area (Å²) in [6.07, 6.45) is 7.36. The van der Waals surface area contributed by atoms with Gasteiger partial charge in [-0.05, 0) is 26.7 Å². The molecule has 2 unspecified atom stereocenters. The van der Waals surface area contributed by atoms with Crippen LogP contribution in [0.2, 0.25) is 0 Å². The number of hydrogen-bond acceptors (Lipinski definition) is 1. The topological polar surface area (TPSA) is 32.3 Å². The van der Waals surface area contributed by atoms with Crippen LogP contribution in [0, 0.1) is 12.3 Å². The highest BCUT2D eigenvalue weighted by Gasteiger charge is 2.25. The van der Waals surface area contributed by atoms with Gasteiger partial charge in [0.05, 0.1) is 6.04 Å². The molecule has 0 spiro atoms. The fraction of sp³-hybridized carbons (Fsp3) is 0.700. The summed E-state index contributed by atoms with van der Waals surface area (Å²) in [5, 5.41) is 2.75. The highest BCUT2D eigenvalue weighted by Crippen LogP contribution is 2.15. The van der Waals surface area contributed by atoms with Gasteiger partial charge >= 0.3 is 6.03 Å². The van der Waals surface area contributed by atoms with E-state index in [1.54, 1.807) is 6.92 Å². The van der Waals surface area contributed by atoms with Gasteiger partial charge in [-0.1, -0.05) is 5.92 Å². The van der Waals surface area contributed by atoms with E-state index >= 15 is 0 Å². The molecule has 2 amide bonds. The van der Waals surface area contributed by atoms with Gasteiger partial charge in [0.25, 0.3) is 0 Å². The van der Waals surface area contributed by atoms with Gasteiger partial charge in [-0.15, -0.1) is 6.42 Å². The average Bonchev–Trinajstić information content (AvgIpc) is 2.51. The second kappa shape index (κ2) is 4.18. The summed E-state index contributed by atoms with van der Waals surface area (Å²) in [5.74, 6) is 2.48. The molecule has 0 bridgehead atoms. The Hall–Kier alpha value is -1.17. The number of hydrogen-bond donors (Lipinski definition) is 1. The number of urea groups is 1. The third-order valence-electron chi connectivity index (χ3n) is 2.40. The SMILES string of the molecule is C#CC(C)NC(=O)N1CCCC1C. The molecular weight excluding hydrogens is 164 g/mol. The largest absolute Gasteiger partial charge is 0.325 e. The lowest BCUT2D eigenvalue weighted by Crippen LogP contribution is -2.44. The summed E-state index contributed by atoms with van der Waals surface area (Å²) < 4.78 is 0. The summed E-state index contributed by atoms with van der Waals surface area (Å²) >= 11 is 0. The number of carbonyl (C=O) groups is 1. The number of rotatable bonds is 1. The van der Waals surface area contributed by atoms with Crippen LogP contribution in [-0.2, 0) is 0 Å². The van der Waals surface area contributed by atoms with Crippen molar-refractivity contribution < 1.29 is 4.79 Å². The van der Waals surface area contributed by atoms with Crippen LogP contribution in [0.15, 0.2) is 0 Å². The van der Waals surface area contributed by atoms with Crippen LogP contribution in [0.25, 0.3) is 0 Å².